The number of amides is 2. The van der Waals surface area contributed by atoms with Crippen molar-refractivity contribution in [3.05, 3.63) is 17.6 Å². The van der Waals surface area contributed by atoms with E-state index in [0.717, 1.165) is 6.42 Å². The van der Waals surface area contributed by atoms with Crippen molar-refractivity contribution < 1.29 is 23.3 Å². The standard InChI is InChI=1S/C15H21N7O5/c1-15(2,3)26-14(24)22-6-4-5-8(22)12-18-10(21-27-12)11(23)17-7-9-19-20-13(16)25-9/h8H,4-7H2,1-3H3,(H2,16,20)(H,17,23)/t8-/m0/s1. The molecular formula is C15H21N7O5. The number of hydrogen-bond donors (Lipinski definition) is 2. The largest absolute Gasteiger partial charge is 0.444 e. The van der Waals surface area contributed by atoms with E-state index in [0.29, 0.717) is 13.0 Å². The summed E-state index contributed by atoms with van der Waals surface area (Å²) in [6.07, 6.45) is 0.957. The Morgan fingerprint density at radius 1 is 1.37 bits per heavy atom. The number of carbonyl (C=O) groups excluding carboxylic acids is 2. The van der Waals surface area contributed by atoms with Gasteiger partial charge < -0.3 is 24.7 Å². The van der Waals surface area contributed by atoms with Crippen molar-refractivity contribution in [2.24, 2.45) is 0 Å². The number of aromatic nitrogens is 4. The molecule has 3 heterocycles. The molecule has 1 aliphatic rings. The molecule has 0 radical (unpaired) electrons. The van der Waals surface area contributed by atoms with Crippen molar-refractivity contribution in [2.75, 3.05) is 12.3 Å². The Labute approximate surface area is 154 Å². The highest BCUT2D eigenvalue weighted by Gasteiger charge is 2.37. The molecule has 1 atom stereocenters. The average Bonchev–Trinajstić information content (AvgIpc) is 3.30. The van der Waals surface area contributed by atoms with Gasteiger partial charge in [0.2, 0.25) is 11.8 Å². The summed E-state index contributed by atoms with van der Waals surface area (Å²) in [5.41, 5.74) is 4.70. The van der Waals surface area contributed by atoms with Crippen LogP contribution in [0, 0.1) is 0 Å². The Kier molecular flexibility index (Phi) is 4.97. The molecule has 0 saturated carbocycles. The highest BCUT2D eigenvalue weighted by atomic mass is 16.6. The van der Waals surface area contributed by atoms with Crippen LogP contribution in [0.1, 0.15) is 62.1 Å². The third-order valence-corrected chi connectivity index (χ3v) is 3.69. The molecule has 2 aromatic heterocycles. The first-order valence-electron chi connectivity index (χ1n) is 8.42. The molecule has 2 amide bonds. The minimum atomic E-state index is -0.609. The maximum absolute atomic E-state index is 12.3. The smallest absolute Gasteiger partial charge is 0.410 e. The zero-order valence-electron chi connectivity index (χ0n) is 15.3. The molecule has 0 bridgehead atoms. The van der Waals surface area contributed by atoms with E-state index in [1.165, 1.54) is 4.90 Å². The second-order valence-electron chi connectivity index (χ2n) is 7.00. The van der Waals surface area contributed by atoms with Gasteiger partial charge in [0.1, 0.15) is 11.6 Å². The highest BCUT2D eigenvalue weighted by molar-refractivity contribution is 5.90. The number of nitrogens with zero attached hydrogens (tertiary/aromatic N) is 5. The van der Waals surface area contributed by atoms with Crippen molar-refractivity contribution in [3.8, 4) is 0 Å². The molecule has 0 unspecified atom stereocenters. The number of carbonyl (C=O) groups is 2. The van der Waals surface area contributed by atoms with E-state index >= 15 is 0 Å². The summed E-state index contributed by atoms with van der Waals surface area (Å²) in [6, 6.07) is -0.519. The fraction of sp³-hybridized carbons (Fsp3) is 0.600. The van der Waals surface area contributed by atoms with Crippen LogP contribution in [-0.4, -0.2) is 49.4 Å². The molecule has 0 aromatic carbocycles. The Balaban J connectivity index is 1.63. The van der Waals surface area contributed by atoms with Gasteiger partial charge in [-0.15, -0.1) is 5.10 Å². The Morgan fingerprint density at radius 2 is 2.15 bits per heavy atom. The molecule has 3 rings (SSSR count). The zero-order valence-corrected chi connectivity index (χ0v) is 15.3. The van der Waals surface area contributed by atoms with Gasteiger partial charge in [0.05, 0.1) is 6.54 Å². The minimum absolute atomic E-state index is 0.0274. The summed E-state index contributed by atoms with van der Waals surface area (Å²) in [6.45, 7) is 5.87. The molecule has 1 aliphatic heterocycles. The summed E-state index contributed by atoms with van der Waals surface area (Å²) >= 11 is 0. The van der Waals surface area contributed by atoms with Crippen LogP contribution < -0.4 is 11.1 Å². The molecule has 0 aliphatic carbocycles. The summed E-state index contributed by atoms with van der Waals surface area (Å²) in [5, 5.41) is 13.3. The van der Waals surface area contributed by atoms with Gasteiger partial charge in [-0.2, -0.15) is 4.98 Å². The minimum Gasteiger partial charge on any atom is -0.444 e. The van der Waals surface area contributed by atoms with E-state index in [1.807, 2.05) is 0 Å². The first-order chi connectivity index (χ1) is 12.7. The summed E-state index contributed by atoms with van der Waals surface area (Å²) in [5.74, 6) is -0.404. The first kappa shape index (κ1) is 18.6. The fourth-order valence-electron chi connectivity index (χ4n) is 2.60. The maximum atomic E-state index is 12.3. The number of anilines is 1. The van der Waals surface area contributed by atoms with Crippen LogP contribution in [0.25, 0.3) is 0 Å². The van der Waals surface area contributed by atoms with Crippen LogP contribution in [0.15, 0.2) is 8.94 Å². The maximum Gasteiger partial charge on any atom is 0.410 e. The predicted molar refractivity (Wildman–Crippen MR) is 89.1 cm³/mol. The lowest BCUT2D eigenvalue weighted by atomic mass is 10.2. The van der Waals surface area contributed by atoms with Crippen LogP contribution in [0.4, 0.5) is 10.8 Å². The molecule has 1 fully saturated rings. The third kappa shape index (κ3) is 4.51. The van der Waals surface area contributed by atoms with E-state index in [9.17, 15) is 9.59 Å². The van der Waals surface area contributed by atoms with Crippen LogP contribution in [-0.2, 0) is 11.3 Å². The van der Waals surface area contributed by atoms with Crippen LogP contribution in [0.2, 0.25) is 0 Å². The van der Waals surface area contributed by atoms with Crippen molar-refractivity contribution in [1.82, 2.24) is 30.6 Å². The fourth-order valence-corrected chi connectivity index (χ4v) is 2.60. The van der Waals surface area contributed by atoms with E-state index < -0.39 is 23.6 Å². The number of ether oxygens (including phenoxy) is 1. The van der Waals surface area contributed by atoms with Crippen molar-refractivity contribution >= 4 is 18.0 Å². The lowest BCUT2D eigenvalue weighted by Crippen LogP contribution is -2.36. The van der Waals surface area contributed by atoms with Crippen LogP contribution in [0.5, 0.6) is 0 Å². The monoisotopic (exact) mass is 379 g/mol. The van der Waals surface area contributed by atoms with Crippen LogP contribution in [0.3, 0.4) is 0 Å². The van der Waals surface area contributed by atoms with Gasteiger partial charge in [0, 0.05) is 6.54 Å². The van der Waals surface area contributed by atoms with Crippen molar-refractivity contribution in [2.45, 2.75) is 51.8 Å². The molecule has 27 heavy (non-hydrogen) atoms. The number of likely N-dealkylation sites (tertiary alicyclic amines) is 1. The second kappa shape index (κ2) is 7.21. The summed E-state index contributed by atoms with van der Waals surface area (Å²) < 4.78 is 15.6. The van der Waals surface area contributed by atoms with E-state index in [4.69, 9.17) is 19.4 Å². The summed E-state index contributed by atoms with van der Waals surface area (Å²) in [4.78, 5) is 30.1. The average molecular weight is 379 g/mol. The van der Waals surface area contributed by atoms with Gasteiger partial charge in [-0.25, -0.2) is 4.79 Å². The molecule has 12 heteroatoms. The quantitative estimate of drug-likeness (QED) is 0.784. The lowest BCUT2D eigenvalue weighted by molar-refractivity contribution is 0.0199. The molecule has 3 N–H and O–H groups in total. The number of nitrogens with two attached hydrogens (primary N) is 1. The number of nitrogens with one attached hydrogen (secondary N) is 1. The molecule has 2 aromatic rings. The van der Waals surface area contributed by atoms with Crippen molar-refractivity contribution in [1.29, 1.82) is 0 Å². The third-order valence-electron chi connectivity index (χ3n) is 3.69. The zero-order chi connectivity index (χ0) is 19.6. The van der Waals surface area contributed by atoms with Gasteiger partial charge in [-0.1, -0.05) is 10.3 Å². The molecule has 12 nitrogen and oxygen atoms in total. The number of hydrogen-bond acceptors (Lipinski definition) is 10. The second-order valence-corrected chi connectivity index (χ2v) is 7.00. The van der Waals surface area contributed by atoms with Gasteiger partial charge in [0.15, 0.2) is 0 Å². The highest BCUT2D eigenvalue weighted by Crippen LogP contribution is 2.32. The first-order valence-corrected chi connectivity index (χ1v) is 8.42. The normalized spacial score (nSPS) is 17.1. The van der Waals surface area contributed by atoms with Gasteiger partial charge in [-0.3, -0.25) is 9.69 Å². The molecule has 1 saturated heterocycles. The van der Waals surface area contributed by atoms with Crippen molar-refractivity contribution in [3.63, 3.8) is 0 Å². The number of rotatable bonds is 4. The van der Waals surface area contributed by atoms with Gasteiger partial charge in [-0.05, 0) is 33.6 Å². The Bertz CT molecular complexity index is 825. The SMILES string of the molecule is CC(C)(C)OC(=O)N1CCC[C@H]1c1nc(C(=O)NCc2nnc(N)o2)no1. The topological polar surface area (TPSA) is 162 Å². The molecule has 146 valence electrons. The molecular weight excluding hydrogens is 358 g/mol. The lowest BCUT2D eigenvalue weighted by Gasteiger charge is -2.26. The van der Waals surface area contributed by atoms with E-state index in [2.05, 4.69) is 25.7 Å². The van der Waals surface area contributed by atoms with Crippen LogP contribution >= 0.6 is 0 Å². The Morgan fingerprint density at radius 3 is 2.81 bits per heavy atom. The Hall–Kier alpha value is -3.18. The van der Waals surface area contributed by atoms with Gasteiger partial charge in [0.25, 0.3) is 11.7 Å². The number of nitrogen functional groups attached to an aromatic ring is 1. The predicted octanol–water partition coefficient (Wildman–Crippen LogP) is 1.04. The molecule has 0 spiro atoms. The van der Waals surface area contributed by atoms with Gasteiger partial charge >= 0.3 is 12.1 Å². The van der Waals surface area contributed by atoms with E-state index in [1.54, 1.807) is 20.8 Å². The summed E-state index contributed by atoms with van der Waals surface area (Å²) in [7, 11) is 0. The van der Waals surface area contributed by atoms with E-state index in [-0.39, 0.29) is 30.2 Å².